The van der Waals surface area contributed by atoms with E-state index in [1.165, 1.54) is 20.3 Å². The number of piperidine rings is 1. The first-order chi connectivity index (χ1) is 40.5. The third kappa shape index (κ3) is 16.0. The van der Waals surface area contributed by atoms with Crippen LogP contribution in [0.4, 0.5) is 0 Å². The Hall–Kier alpha value is -3.94. The van der Waals surface area contributed by atoms with E-state index < -0.39 is 152 Å². The SMILES string of the molecule is [2H]O[C@@H]1/C(C)=C/[C@@H](C)C(=O)C[C@@H]([C@H](C)C[C@H]2CC[C@@H](OC(=O)C(C([2H])([2H])[2H])(C([2H])([2H])O[2H])C([2H])([2H])O[2H])[C@H](OC([2H])([2H])[2H])C2)OC(=O)[C@@H]2CCCCN2C(=O)C(=O)[C@]2(O[2H])O[C@@H](CC[C@H]2C)C[C@H](OC)/C(C)=C/C=C/C=C/[C@@H](C)C[C@@H](C)C(=O)[C@@H]1OC. The fourth-order valence-corrected chi connectivity index (χ4v) is 10.4. The van der Waals surface area contributed by atoms with Crippen molar-refractivity contribution in [3.63, 3.8) is 0 Å². The molecule has 3 fully saturated rings. The molecule has 4 aliphatic rings. The molecule has 0 spiro atoms. The molecule has 0 radical (unpaired) electrons. The van der Waals surface area contributed by atoms with E-state index in [0.717, 1.165) is 10.5 Å². The monoisotopic (exact) mass is 1040 g/mol. The van der Waals surface area contributed by atoms with E-state index in [-0.39, 0.29) is 56.8 Å². The number of hydrogen-bond donors (Lipinski definition) is 4. The number of hydrogen-bond acceptors (Lipinski definition) is 16. The highest BCUT2D eigenvalue weighted by Gasteiger charge is 2.53. The Labute approximate surface area is 453 Å². The van der Waals surface area contributed by atoms with Gasteiger partial charge in [0.2, 0.25) is 11.5 Å². The predicted octanol–water partition coefficient (Wildman–Crippen LogP) is 5.72. The molecule has 1 saturated carbocycles. The quantitative estimate of drug-likeness (QED) is 0.0924. The zero-order valence-corrected chi connectivity index (χ0v) is 43.7. The maximum absolute atomic E-state index is 14.8. The Morgan fingerprint density at radius 2 is 1.70 bits per heavy atom. The number of aliphatic hydroxyl groups is 4. The second kappa shape index (κ2) is 28.3. The minimum atomic E-state index is -4.17. The molecule has 15 atom stereocenters. The van der Waals surface area contributed by atoms with Crippen molar-refractivity contribution < 1.29 is 91.3 Å². The van der Waals surface area contributed by atoms with Gasteiger partial charge in [0.1, 0.15) is 41.7 Å². The molecule has 2 bridgehead atoms. The van der Waals surface area contributed by atoms with Crippen LogP contribution in [0, 0.1) is 40.9 Å². The lowest BCUT2D eigenvalue weighted by Gasteiger charge is -2.42. The van der Waals surface area contributed by atoms with Crippen LogP contribution >= 0.6 is 0 Å². The molecule has 3 heterocycles. The zero-order valence-electron chi connectivity index (χ0n) is 57.7. The number of aliphatic hydroxyl groups excluding tert-OH is 1. The number of allylic oxidation sites excluding steroid dienone is 6. The van der Waals surface area contributed by atoms with E-state index in [2.05, 4.69) is 10.2 Å². The molecule has 17 nitrogen and oxygen atoms in total. The number of esters is 2. The van der Waals surface area contributed by atoms with Gasteiger partial charge >= 0.3 is 11.9 Å². The summed E-state index contributed by atoms with van der Waals surface area (Å²) in [5.41, 5.74) is -3.08. The Balaban J connectivity index is 1.80. The third-order valence-corrected chi connectivity index (χ3v) is 15.1. The normalized spacial score (nSPS) is 40.9. The highest BCUT2D eigenvalue weighted by molar-refractivity contribution is 6.39. The number of methoxy groups -OCH3 is 3. The van der Waals surface area contributed by atoms with Gasteiger partial charge in [-0.15, -0.1) is 0 Å². The number of nitrogens with zero attached hydrogens (tertiary/aromatic N) is 1. The van der Waals surface area contributed by atoms with Crippen LogP contribution in [0.15, 0.2) is 47.6 Å². The fraction of sp³-hybridized carbons (Fsp3) is 0.750. The number of carbonyl (C=O) groups excluding carboxylic acids is 6. The highest BCUT2D eigenvalue weighted by atomic mass is 16.6. The molecule has 73 heavy (non-hydrogen) atoms. The average Bonchev–Trinajstić information content (AvgIpc) is 1.31. The zero-order chi connectivity index (χ0) is 65.8. The van der Waals surface area contributed by atoms with Gasteiger partial charge in [0.15, 0.2) is 5.78 Å². The van der Waals surface area contributed by atoms with Gasteiger partial charge in [-0.05, 0) is 114 Å². The van der Waals surface area contributed by atoms with E-state index in [4.69, 9.17) is 58.1 Å². The summed E-state index contributed by atoms with van der Waals surface area (Å²) in [4.78, 5) is 87.8. The minimum absolute atomic E-state index is 0.0104. The van der Waals surface area contributed by atoms with E-state index in [1.54, 1.807) is 34.6 Å². The molecule has 1 aliphatic carbocycles. The molecule has 3 aliphatic heterocycles. The molecule has 412 valence electrons. The molecule has 0 unspecified atom stereocenters. The molecular weight excluding hydrogens is 943 g/mol. The largest absolute Gasteiger partial charge is 0.460 e. The van der Waals surface area contributed by atoms with Crippen molar-refractivity contribution in [1.29, 1.82) is 5.72 Å². The van der Waals surface area contributed by atoms with Gasteiger partial charge in [0.25, 0.3) is 11.7 Å². The Kier molecular flexibility index (Phi) is 16.7. The van der Waals surface area contributed by atoms with Gasteiger partial charge in [-0.2, -0.15) is 0 Å². The summed E-state index contributed by atoms with van der Waals surface area (Å²) in [5, 5.41) is 18.1. The van der Waals surface area contributed by atoms with E-state index >= 15 is 0 Å². The van der Waals surface area contributed by atoms with Crippen LogP contribution in [0.2, 0.25) is 0 Å². The van der Waals surface area contributed by atoms with Crippen molar-refractivity contribution in [1.82, 2.24) is 4.90 Å². The molecule has 1 amide bonds. The number of cyclic esters (lactones) is 1. The lowest BCUT2D eigenvalue weighted by Crippen LogP contribution is -2.61. The maximum atomic E-state index is 14.8. The third-order valence-electron chi connectivity index (χ3n) is 15.1. The Morgan fingerprint density at radius 1 is 0.932 bits per heavy atom. The summed E-state index contributed by atoms with van der Waals surface area (Å²) in [7, 11) is -0.391. The number of ether oxygens (including phenoxy) is 6. The molecule has 17 heteroatoms. The van der Waals surface area contributed by atoms with Crippen LogP contribution in [-0.2, 0) is 57.2 Å². The first-order valence-corrected chi connectivity index (χ1v) is 25.5. The van der Waals surface area contributed by atoms with Gasteiger partial charge in [0, 0.05) is 62.5 Å². The van der Waals surface area contributed by atoms with Crippen molar-refractivity contribution in [2.45, 2.75) is 187 Å². The number of carbonyl (C=O) groups is 6. The Morgan fingerprint density at radius 3 is 2.37 bits per heavy atom. The molecule has 0 aromatic heterocycles. The average molecular weight is 1040 g/mol. The topological polar surface area (TPSA) is 242 Å². The lowest BCUT2D eigenvalue weighted by molar-refractivity contribution is -0.265. The van der Waals surface area contributed by atoms with Crippen molar-refractivity contribution in [3.05, 3.63) is 47.6 Å². The number of rotatable bonds is 14. The maximum Gasteiger partial charge on any atom is 0.329 e. The van der Waals surface area contributed by atoms with Crippen LogP contribution in [0.3, 0.4) is 0 Å². The standard InChI is InChI=1S/C56H87NO16/c1-33-17-13-12-14-18-34(2)45(68-9)29-41-22-20-39(7)56(67,73-41)51(63)52(64)57-24-16-15-19-42(57)53(65)71-46(30-43(60)35(3)26-38(6)49(62)50(70-11)48(61)37(5)25-33)36(4)27-40-21-23-44(47(28-40)69-10)72-54(66)55(8,31-58)32-59/h12-14,17-18,26,33,35-37,39-42,44-47,49-50,58-59,62,67H,15-16,19-25,27-32H2,1-11H3/b14-12+,17-13+,34-18+,38-26+/t33-,35-,36-,37-,39-,40-,41+,42+,44-,45+,46+,47-,49-,50+,56-/m1/s1/i8D3,10D3,31D2,32D2,58D,59D,62D,67D. The van der Waals surface area contributed by atoms with Gasteiger partial charge in [-0.3, -0.25) is 24.0 Å². The van der Waals surface area contributed by atoms with Crippen molar-refractivity contribution >= 4 is 35.2 Å². The van der Waals surface area contributed by atoms with Crippen molar-refractivity contribution in [2.75, 3.05) is 40.9 Å². The van der Waals surface area contributed by atoms with Crippen LogP contribution in [-0.4, -0.2) is 162 Å². The number of amides is 1. The second-order valence-corrected chi connectivity index (χ2v) is 20.8. The summed E-state index contributed by atoms with van der Waals surface area (Å²) in [6, 6.07) is -1.40. The number of Topliss-reactive ketones (excluding diaryl/α,β-unsaturated/α-hetero) is 3. The molecule has 4 rings (SSSR count). The van der Waals surface area contributed by atoms with E-state index in [0.29, 0.717) is 37.7 Å². The van der Waals surface area contributed by atoms with Crippen molar-refractivity contribution in [2.24, 2.45) is 40.9 Å². The molecule has 2 saturated heterocycles. The smallest absolute Gasteiger partial charge is 0.329 e. The fourth-order valence-electron chi connectivity index (χ4n) is 10.4. The molecule has 4 N–H and O–H groups in total. The van der Waals surface area contributed by atoms with Gasteiger partial charge in [-0.25, -0.2) is 4.79 Å². The van der Waals surface area contributed by atoms with Crippen LogP contribution in [0.5, 0.6) is 0 Å². The minimum Gasteiger partial charge on any atom is -0.460 e. The van der Waals surface area contributed by atoms with Gasteiger partial charge < -0.3 is 53.8 Å². The van der Waals surface area contributed by atoms with Crippen LogP contribution < -0.4 is 0 Å². The first kappa shape index (κ1) is 43.2. The summed E-state index contributed by atoms with van der Waals surface area (Å²) >= 11 is 0. The highest BCUT2D eigenvalue weighted by Crippen LogP contribution is 2.38. The summed E-state index contributed by atoms with van der Waals surface area (Å²) in [6.45, 7) is -0.400. The van der Waals surface area contributed by atoms with E-state index in [1.807, 2.05) is 44.2 Å². The Bertz CT molecular complexity index is 2480. The van der Waals surface area contributed by atoms with E-state index in [9.17, 15) is 28.8 Å². The molecule has 0 aromatic carbocycles. The summed E-state index contributed by atoms with van der Waals surface area (Å²) in [6.07, 6.45) is 3.33. The predicted molar refractivity (Wildman–Crippen MR) is 271 cm³/mol. The number of fused-ring (bicyclic) bond motifs is 3. The first-order valence-electron chi connectivity index (χ1n) is 32.1. The lowest BCUT2D eigenvalue weighted by atomic mass is 9.78. The van der Waals surface area contributed by atoms with Crippen LogP contribution in [0.25, 0.3) is 0 Å². The summed E-state index contributed by atoms with van der Waals surface area (Å²) in [5.74, 6) is -12.7. The molecular formula is C56H87NO16. The van der Waals surface area contributed by atoms with Gasteiger partial charge in [-0.1, -0.05) is 71.1 Å². The number of ketones is 3. The van der Waals surface area contributed by atoms with Gasteiger partial charge in [0.05, 0.1) is 41.0 Å². The van der Waals surface area contributed by atoms with Crippen molar-refractivity contribution in [3.8, 4) is 0 Å². The second-order valence-electron chi connectivity index (χ2n) is 20.8. The van der Waals surface area contributed by atoms with Crippen LogP contribution in [0.1, 0.15) is 146 Å². The molecule has 0 aromatic rings. The summed E-state index contributed by atoms with van der Waals surface area (Å²) < 4.78 is 147.